The first-order chi connectivity index (χ1) is 8.97. The minimum atomic E-state index is -0.595. The smallest absolute Gasteiger partial charge is 0.146 e. The predicted molar refractivity (Wildman–Crippen MR) is 73.3 cm³/mol. The van der Waals surface area contributed by atoms with Crippen LogP contribution in [0.25, 0.3) is 0 Å². The Bertz CT molecular complexity index is 597. The zero-order valence-corrected chi connectivity index (χ0v) is 11.4. The highest BCUT2D eigenvalue weighted by Gasteiger charge is 2.09. The van der Waals surface area contributed by atoms with Crippen LogP contribution in [-0.2, 0) is 0 Å². The molecule has 0 fully saturated rings. The molecular weight excluding hydrogens is 267 g/mol. The van der Waals surface area contributed by atoms with Crippen LogP contribution >= 0.6 is 11.6 Å². The second-order valence-electron chi connectivity index (χ2n) is 4.38. The second-order valence-corrected chi connectivity index (χ2v) is 4.78. The van der Waals surface area contributed by atoms with E-state index in [1.807, 2.05) is 6.92 Å². The normalized spacial score (nSPS) is 12.3. The van der Waals surface area contributed by atoms with Gasteiger partial charge in [-0.2, -0.15) is 0 Å². The molecule has 0 saturated carbocycles. The van der Waals surface area contributed by atoms with Gasteiger partial charge in [0.2, 0.25) is 0 Å². The fourth-order valence-corrected chi connectivity index (χ4v) is 1.89. The van der Waals surface area contributed by atoms with Crippen molar-refractivity contribution in [1.82, 2.24) is 0 Å². The van der Waals surface area contributed by atoms with Gasteiger partial charge >= 0.3 is 0 Å². The second kappa shape index (κ2) is 5.59. The van der Waals surface area contributed by atoms with Gasteiger partial charge in [0.05, 0.1) is 11.1 Å². The van der Waals surface area contributed by atoms with Crippen LogP contribution < -0.4 is 4.74 Å². The lowest BCUT2D eigenvalue weighted by molar-refractivity contribution is 0.199. The van der Waals surface area contributed by atoms with Crippen molar-refractivity contribution in [2.75, 3.05) is 0 Å². The van der Waals surface area contributed by atoms with Crippen molar-refractivity contribution in [3.8, 4) is 11.5 Å². The molecule has 0 aliphatic carbocycles. The number of ether oxygens (including phenoxy) is 1. The van der Waals surface area contributed by atoms with Crippen molar-refractivity contribution in [2.45, 2.75) is 20.0 Å². The Morgan fingerprint density at radius 2 is 1.89 bits per heavy atom. The highest BCUT2D eigenvalue weighted by molar-refractivity contribution is 6.32. The van der Waals surface area contributed by atoms with E-state index in [-0.39, 0.29) is 5.82 Å². The van der Waals surface area contributed by atoms with Crippen LogP contribution in [-0.4, -0.2) is 5.11 Å². The summed E-state index contributed by atoms with van der Waals surface area (Å²) in [7, 11) is 0. The van der Waals surface area contributed by atoms with E-state index in [1.54, 1.807) is 31.2 Å². The van der Waals surface area contributed by atoms with E-state index in [1.165, 1.54) is 12.1 Å². The van der Waals surface area contributed by atoms with Crippen LogP contribution in [0.2, 0.25) is 5.02 Å². The van der Waals surface area contributed by atoms with Crippen LogP contribution in [0, 0.1) is 12.7 Å². The summed E-state index contributed by atoms with van der Waals surface area (Å²) >= 11 is 6.09. The van der Waals surface area contributed by atoms with Crippen molar-refractivity contribution >= 4 is 11.6 Å². The Labute approximate surface area is 116 Å². The molecule has 0 amide bonds. The fraction of sp³-hybridized carbons (Fsp3) is 0.200. The molecule has 0 heterocycles. The highest BCUT2D eigenvalue weighted by Crippen LogP contribution is 2.33. The molecule has 2 aromatic carbocycles. The molecule has 1 atom stereocenters. The summed E-state index contributed by atoms with van der Waals surface area (Å²) in [6.07, 6.45) is -0.595. The first kappa shape index (κ1) is 13.8. The van der Waals surface area contributed by atoms with Crippen LogP contribution in [0.1, 0.15) is 24.2 Å². The van der Waals surface area contributed by atoms with Crippen molar-refractivity contribution in [3.63, 3.8) is 0 Å². The lowest BCUT2D eigenvalue weighted by atomic mass is 10.1. The van der Waals surface area contributed by atoms with Crippen LogP contribution in [0.3, 0.4) is 0 Å². The summed E-state index contributed by atoms with van der Waals surface area (Å²) < 4.78 is 18.8. The Morgan fingerprint density at radius 1 is 1.16 bits per heavy atom. The van der Waals surface area contributed by atoms with E-state index in [2.05, 4.69) is 0 Å². The van der Waals surface area contributed by atoms with Crippen molar-refractivity contribution in [3.05, 3.63) is 58.4 Å². The average molecular weight is 281 g/mol. The largest absolute Gasteiger partial charge is 0.455 e. The summed E-state index contributed by atoms with van der Waals surface area (Å²) in [5, 5.41) is 9.84. The molecule has 19 heavy (non-hydrogen) atoms. The lowest BCUT2D eigenvalue weighted by Crippen LogP contribution is -1.93. The van der Waals surface area contributed by atoms with E-state index < -0.39 is 6.10 Å². The van der Waals surface area contributed by atoms with Gasteiger partial charge in [0.25, 0.3) is 0 Å². The van der Waals surface area contributed by atoms with Gasteiger partial charge in [0.15, 0.2) is 0 Å². The summed E-state index contributed by atoms with van der Waals surface area (Å²) in [5.74, 6) is 0.490. The van der Waals surface area contributed by atoms with Crippen LogP contribution in [0.5, 0.6) is 11.5 Å². The number of hydrogen-bond acceptors (Lipinski definition) is 2. The molecule has 4 heteroatoms. The summed E-state index contributed by atoms with van der Waals surface area (Å²) in [4.78, 5) is 0. The predicted octanol–water partition coefficient (Wildman–Crippen LogP) is 4.63. The highest BCUT2D eigenvalue weighted by atomic mass is 35.5. The summed E-state index contributed by atoms with van der Waals surface area (Å²) in [6, 6.07) is 9.35. The summed E-state index contributed by atoms with van der Waals surface area (Å²) in [5.41, 5.74) is 1.52. The Balaban J connectivity index is 2.31. The van der Waals surface area contributed by atoms with Crippen LogP contribution in [0.4, 0.5) is 4.39 Å². The Morgan fingerprint density at radius 3 is 2.53 bits per heavy atom. The Hall–Kier alpha value is -1.58. The molecule has 0 aromatic heterocycles. The monoisotopic (exact) mass is 280 g/mol. The number of aliphatic hydroxyl groups excluding tert-OH is 1. The molecule has 2 rings (SSSR count). The topological polar surface area (TPSA) is 29.5 Å². The maximum Gasteiger partial charge on any atom is 0.146 e. The first-order valence-corrected chi connectivity index (χ1v) is 6.26. The SMILES string of the molecule is Cc1ccc(F)cc1Oc1ccc(C(C)O)cc1Cl. The number of aryl methyl sites for hydroxylation is 1. The van der Waals surface area contributed by atoms with Crippen LogP contribution in [0.15, 0.2) is 36.4 Å². The first-order valence-electron chi connectivity index (χ1n) is 5.89. The zero-order chi connectivity index (χ0) is 14.0. The molecular formula is C15H14ClFO2. The molecule has 2 aromatic rings. The Kier molecular flexibility index (Phi) is 4.08. The molecule has 0 radical (unpaired) electrons. The van der Waals surface area contributed by atoms with Gasteiger partial charge in [0, 0.05) is 6.07 Å². The molecule has 0 saturated heterocycles. The third-order valence-electron chi connectivity index (χ3n) is 2.81. The standard InChI is InChI=1S/C15H14ClFO2/c1-9-3-5-12(17)8-15(9)19-14-6-4-11(10(2)18)7-13(14)16/h3-8,10,18H,1-2H3. The van der Waals surface area contributed by atoms with E-state index in [0.29, 0.717) is 22.1 Å². The molecule has 0 aliphatic rings. The van der Waals surface area contributed by atoms with E-state index in [0.717, 1.165) is 5.56 Å². The van der Waals surface area contributed by atoms with E-state index in [4.69, 9.17) is 16.3 Å². The van der Waals surface area contributed by atoms with Gasteiger partial charge in [-0.25, -0.2) is 4.39 Å². The average Bonchev–Trinajstić information content (AvgIpc) is 2.36. The minimum absolute atomic E-state index is 0.364. The molecule has 1 unspecified atom stereocenters. The number of benzene rings is 2. The maximum atomic E-state index is 13.2. The van der Waals surface area contributed by atoms with Gasteiger partial charge < -0.3 is 9.84 Å². The molecule has 0 spiro atoms. The van der Waals surface area contributed by atoms with Gasteiger partial charge in [-0.15, -0.1) is 0 Å². The maximum absolute atomic E-state index is 13.2. The molecule has 0 aliphatic heterocycles. The molecule has 1 N–H and O–H groups in total. The number of rotatable bonds is 3. The number of halogens is 2. The van der Waals surface area contributed by atoms with Gasteiger partial charge in [-0.3, -0.25) is 0 Å². The van der Waals surface area contributed by atoms with E-state index in [9.17, 15) is 9.50 Å². The van der Waals surface area contributed by atoms with Crippen molar-refractivity contribution in [2.24, 2.45) is 0 Å². The molecule has 2 nitrogen and oxygen atoms in total. The third kappa shape index (κ3) is 3.25. The quantitative estimate of drug-likeness (QED) is 0.888. The van der Waals surface area contributed by atoms with Crippen molar-refractivity contribution < 1.29 is 14.2 Å². The van der Waals surface area contributed by atoms with Gasteiger partial charge in [0.1, 0.15) is 17.3 Å². The minimum Gasteiger partial charge on any atom is -0.455 e. The lowest BCUT2D eigenvalue weighted by Gasteiger charge is -2.12. The molecule has 0 bridgehead atoms. The third-order valence-corrected chi connectivity index (χ3v) is 3.10. The van der Waals surface area contributed by atoms with Gasteiger partial charge in [-0.05, 0) is 43.2 Å². The summed E-state index contributed by atoms with van der Waals surface area (Å²) in [6.45, 7) is 3.48. The number of hydrogen-bond donors (Lipinski definition) is 1. The van der Waals surface area contributed by atoms with Crippen molar-refractivity contribution in [1.29, 1.82) is 0 Å². The zero-order valence-electron chi connectivity index (χ0n) is 10.7. The number of aliphatic hydroxyl groups is 1. The van der Waals surface area contributed by atoms with Gasteiger partial charge in [-0.1, -0.05) is 23.7 Å². The molecule has 100 valence electrons. The fourth-order valence-electron chi connectivity index (χ4n) is 1.66. The van der Waals surface area contributed by atoms with E-state index >= 15 is 0 Å².